The molecule has 2 atom stereocenters. The van der Waals surface area contributed by atoms with E-state index >= 15 is 0 Å². The Hall–Kier alpha value is -2.75. The van der Waals surface area contributed by atoms with Gasteiger partial charge in [-0.25, -0.2) is 4.98 Å². The largest absolute Gasteiger partial charge is 0.477 e. The highest BCUT2D eigenvalue weighted by Crippen LogP contribution is 2.47. The number of benzene rings is 1. The molecule has 0 aliphatic heterocycles. The van der Waals surface area contributed by atoms with E-state index in [0.717, 1.165) is 29.8 Å². The second-order valence-electron chi connectivity index (χ2n) is 7.32. The van der Waals surface area contributed by atoms with Crippen LogP contribution in [0, 0.1) is 19.8 Å². The van der Waals surface area contributed by atoms with Crippen molar-refractivity contribution in [1.82, 2.24) is 15.0 Å². The summed E-state index contributed by atoms with van der Waals surface area (Å²) in [5.74, 6) is 2.42. The van der Waals surface area contributed by atoms with Gasteiger partial charge in [-0.3, -0.25) is 4.98 Å². The van der Waals surface area contributed by atoms with E-state index in [4.69, 9.17) is 4.74 Å². The molecule has 1 saturated carbocycles. The number of aryl methyl sites for hydroxylation is 3. The number of rotatable bonds is 6. The highest BCUT2D eigenvalue weighted by Gasteiger charge is 2.40. The molecule has 1 aliphatic rings. The monoisotopic (exact) mass is 359 g/mol. The van der Waals surface area contributed by atoms with Crippen LogP contribution in [-0.4, -0.2) is 21.6 Å². The molecule has 2 heterocycles. The highest BCUT2D eigenvalue weighted by molar-refractivity contribution is 5.71. The second-order valence-corrected chi connectivity index (χ2v) is 7.32. The van der Waals surface area contributed by atoms with Crippen molar-refractivity contribution in [2.75, 3.05) is 6.61 Å². The summed E-state index contributed by atoms with van der Waals surface area (Å²) in [6, 6.07) is 12.7. The van der Waals surface area contributed by atoms with Crippen LogP contribution in [0.3, 0.4) is 0 Å². The van der Waals surface area contributed by atoms with Crippen LogP contribution in [-0.2, 0) is 6.42 Å². The average molecular weight is 359 g/mol. The molecule has 2 aromatic heterocycles. The van der Waals surface area contributed by atoms with Gasteiger partial charge in [-0.15, -0.1) is 0 Å². The van der Waals surface area contributed by atoms with E-state index in [1.807, 2.05) is 19.3 Å². The molecule has 1 aromatic carbocycles. The third kappa shape index (κ3) is 3.85. The lowest BCUT2D eigenvalue weighted by atomic mass is 10.00. The summed E-state index contributed by atoms with van der Waals surface area (Å²) < 4.78 is 6.19. The zero-order valence-corrected chi connectivity index (χ0v) is 16.1. The minimum atomic E-state index is 0.500. The van der Waals surface area contributed by atoms with Crippen LogP contribution in [0.5, 0.6) is 5.88 Å². The Balaban J connectivity index is 1.51. The van der Waals surface area contributed by atoms with Crippen LogP contribution in [0.15, 0.2) is 48.8 Å². The summed E-state index contributed by atoms with van der Waals surface area (Å²) in [5.41, 5.74) is 5.78. The van der Waals surface area contributed by atoms with E-state index in [9.17, 15) is 0 Å². The molecule has 4 nitrogen and oxygen atoms in total. The lowest BCUT2D eigenvalue weighted by Crippen LogP contribution is -2.06. The van der Waals surface area contributed by atoms with E-state index in [1.54, 1.807) is 0 Å². The van der Waals surface area contributed by atoms with E-state index in [2.05, 4.69) is 65.2 Å². The van der Waals surface area contributed by atoms with Gasteiger partial charge in [0.05, 0.1) is 12.2 Å². The van der Waals surface area contributed by atoms with E-state index in [1.165, 1.54) is 16.8 Å². The van der Waals surface area contributed by atoms with Crippen molar-refractivity contribution in [3.63, 3.8) is 0 Å². The van der Waals surface area contributed by atoms with Crippen LogP contribution in [0.1, 0.15) is 41.9 Å². The third-order valence-electron chi connectivity index (χ3n) is 5.23. The second kappa shape index (κ2) is 7.47. The highest BCUT2D eigenvalue weighted by atomic mass is 16.5. The molecule has 0 N–H and O–H groups in total. The molecule has 1 fully saturated rings. The first-order chi connectivity index (χ1) is 13.2. The van der Waals surface area contributed by atoms with Gasteiger partial charge in [-0.05, 0) is 49.4 Å². The zero-order valence-electron chi connectivity index (χ0n) is 16.1. The summed E-state index contributed by atoms with van der Waals surface area (Å²) >= 11 is 0. The van der Waals surface area contributed by atoms with Crippen molar-refractivity contribution in [2.45, 2.75) is 39.5 Å². The van der Waals surface area contributed by atoms with Gasteiger partial charge in [0.15, 0.2) is 0 Å². The molecule has 0 amide bonds. The lowest BCUT2D eigenvalue weighted by Gasteiger charge is -2.13. The lowest BCUT2D eigenvalue weighted by molar-refractivity contribution is 0.285. The molecule has 138 valence electrons. The number of hydrogen-bond acceptors (Lipinski definition) is 4. The summed E-state index contributed by atoms with van der Waals surface area (Å²) in [4.78, 5) is 13.6. The maximum atomic E-state index is 6.19. The number of hydrogen-bond donors (Lipinski definition) is 0. The smallest absolute Gasteiger partial charge is 0.224 e. The van der Waals surface area contributed by atoms with Crippen LogP contribution in [0.25, 0.3) is 11.1 Å². The predicted octanol–water partition coefficient (Wildman–Crippen LogP) is 4.90. The molecule has 0 spiro atoms. The van der Waals surface area contributed by atoms with Crippen LogP contribution >= 0.6 is 0 Å². The molecule has 0 radical (unpaired) electrons. The summed E-state index contributed by atoms with van der Waals surface area (Å²) in [6.45, 7) is 6.80. The SMILES string of the molecule is CCc1ccccc1-c1cnc(C)nc1OCC1CC1c1ccc(C)cn1. The van der Waals surface area contributed by atoms with Gasteiger partial charge in [0.25, 0.3) is 0 Å². The summed E-state index contributed by atoms with van der Waals surface area (Å²) in [7, 11) is 0. The summed E-state index contributed by atoms with van der Waals surface area (Å²) in [5, 5.41) is 0. The standard InChI is InChI=1S/C23H25N3O/c1-4-17-7-5-6-8-19(17)21-13-24-16(3)26-23(21)27-14-18-11-20(18)22-10-9-15(2)12-25-22/h5-10,12-13,18,20H,4,11,14H2,1-3H3. The quantitative estimate of drug-likeness (QED) is 0.628. The van der Waals surface area contributed by atoms with Gasteiger partial charge < -0.3 is 4.74 Å². The van der Waals surface area contributed by atoms with Crippen molar-refractivity contribution in [1.29, 1.82) is 0 Å². The molecule has 1 aliphatic carbocycles. The van der Waals surface area contributed by atoms with Crippen LogP contribution in [0.2, 0.25) is 0 Å². The Bertz CT molecular complexity index is 937. The van der Waals surface area contributed by atoms with Crippen molar-refractivity contribution in [3.05, 3.63) is 71.4 Å². The number of pyridine rings is 1. The van der Waals surface area contributed by atoms with Gasteiger partial charge in [0.2, 0.25) is 5.88 Å². The first kappa shape index (κ1) is 17.7. The van der Waals surface area contributed by atoms with Gasteiger partial charge in [0.1, 0.15) is 5.82 Å². The van der Waals surface area contributed by atoms with Crippen LogP contribution < -0.4 is 4.74 Å². The number of aromatic nitrogens is 3. The fourth-order valence-electron chi connectivity index (χ4n) is 3.51. The third-order valence-corrected chi connectivity index (χ3v) is 5.23. The van der Waals surface area contributed by atoms with Crippen molar-refractivity contribution in [2.24, 2.45) is 5.92 Å². The van der Waals surface area contributed by atoms with Crippen molar-refractivity contribution >= 4 is 0 Å². The van der Waals surface area contributed by atoms with Crippen molar-refractivity contribution in [3.8, 4) is 17.0 Å². The fraction of sp³-hybridized carbons (Fsp3) is 0.348. The molecule has 4 rings (SSSR count). The fourth-order valence-corrected chi connectivity index (χ4v) is 3.51. The normalized spacial score (nSPS) is 18.3. The minimum absolute atomic E-state index is 0.500. The van der Waals surface area contributed by atoms with Gasteiger partial charge in [-0.2, -0.15) is 4.98 Å². The number of ether oxygens (including phenoxy) is 1. The van der Waals surface area contributed by atoms with E-state index in [-0.39, 0.29) is 0 Å². The molecule has 3 aromatic rings. The van der Waals surface area contributed by atoms with Gasteiger partial charge in [0, 0.05) is 29.9 Å². The van der Waals surface area contributed by atoms with Gasteiger partial charge >= 0.3 is 0 Å². The van der Waals surface area contributed by atoms with Gasteiger partial charge in [-0.1, -0.05) is 37.3 Å². The summed E-state index contributed by atoms with van der Waals surface area (Å²) in [6.07, 6.45) is 5.92. The number of nitrogens with zero attached hydrogens (tertiary/aromatic N) is 3. The molecule has 0 bridgehead atoms. The zero-order chi connectivity index (χ0) is 18.8. The molecule has 4 heteroatoms. The Kier molecular flexibility index (Phi) is 4.88. The molecule has 2 unspecified atom stereocenters. The Morgan fingerprint density at radius 2 is 1.85 bits per heavy atom. The average Bonchev–Trinajstić information content (AvgIpc) is 3.47. The van der Waals surface area contributed by atoms with Crippen molar-refractivity contribution < 1.29 is 4.74 Å². The molecular weight excluding hydrogens is 334 g/mol. The first-order valence-electron chi connectivity index (χ1n) is 9.63. The molecule has 0 saturated heterocycles. The maximum absolute atomic E-state index is 6.19. The minimum Gasteiger partial charge on any atom is -0.477 e. The molecule has 27 heavy (non-hydrogen) atoms. The topological polar surface area (TPSA) is 47.9 Å². The Morgan fingerprint density at radius 1 is 1.00 bits per heavy atom. The van der Waals surface area contributed by atoms with E-state index < -0.39 is 0 Å². The van der Waals surface area contributed by atoms with E-state index in [0.29, 0.717) is 24.3 Å². The maximum Gasteiger partial charge on any atom is 0.224 e. The first-order valence-corrected chi connectivity index (χ1v) is 9.63. The predicted molar refractivity (Wildman–Crippen MR) is 107 cm³/mol. The molecular formula is C23H25N3O. The van der Waals surface area contributed by atoms with Crippen LogP contribution in [0.4, 0.5) is 0 Å². The Morgan fingerprint density at radius 3 is 2.63 bits per heavy atom. The Labute approximate surface area is 160 Å².